The van der Waals surface area contributed by atoms with Gasteiger partial charge in [0, 0.05) is 17.3 Å². The van der Waals surface area contributed by atoms with Crippen LogP contribution in [0.15, 0.2) is 72.8 Å². The monoisotopic (exact) mass is 442 g/mol. The van der Waals surface area contributed by atoms with Crippen LogP contribution in [0.2, 0.25) is 0 Å². The molecule has 168 valence electrons. The lowest BCUT2D eigenvalue weighted by Gasteiger charge is -2.45. The standard InChI is InChI=1S/C27H26N2O4/c1-32-22-14-12-20(25(16-22)33-2)17-28-23-9-5-6-10-24(26(28)30)29(27(23)31)21-13-11-18-7-3-4-8-19(18)15-21/h3-8,11-16,23-24H,9-10,17H2,1-2H3/b6-5-/t23-,24-/m0/s1. The van der Waals surface area contributed by atoms with Gasteiger partial charge in [0.1, 0.15) is 23.6 Å². The van der Waals surface area contributed by atoms with Gasteiger partial charge >= 0.3 is 0 Å². The highest BCUT2D eigenvalue weighted by atomic mass is 16.5. The molecule has 0 unspecified atom stereocenters. The quantitative estimate of drug-likeness (QED) is 0.552. The largest absolute Gasteiger partial charge is 0.497 e. The molecule has 0 saturated carbocycles. The average molecular weight is 443 g/mol. The molecule has 3 aliphatic heterocycles. The van der Waals surface area contributed by atoms with E-state index < -0.39 is 12.1 Å². The van der Waals surface area contributed by atoms with Crippen LogP contribution in [-0.2, 0) is 16.1 Å². The molecule has 2 atom stereocenters. The second kappa shape index (κ2) is 8.62. The van der Waals surface area contributed by atoms with Crippen LogP contribution in [0.4, 0.5) is 5.69 Å². The van der Waals surface area contributed by atoms with E-state index in [9.17, 15) is 9.59 Å². The summed E-state index contributed by atoms with van der Waals surface area (Å²) < 4.78 is 10.8. The summed E-state index contributed by atoms with van der Waals surface area (Å²) in [6.07, 6.45) is 5.00. The molecule has 3 aromatic rings. The van der Waals surface area contributed by atoms with Crippen LogP contribution in [0.1, 0.15) is 18.4 Å². The van der Waals surface area contributed by atoms with Crippen molar-refractivity contribution >= 4 is 28.3 Å². The van der Waals surface area contributed by atoms with E-state index in [1.807, 2.05) is 66.7 Å². The lowest BCUT2D eigenvalue weighted by molar-refractivity contribution is -0.147. The molecule has 6 rings (SSSR count). The van der Waals surface area contributed by atoms with Crippen LogP contribution in [0.25, 0.3) is 10.8 Å². The summed E-state index contributed by atoms with van der Waals surface area (Å²) in [5.41, 5.74) is 1.60. The van der Waals surface area contributed by atoms with Gasteiger partial charge in [-0.2, -0.15) is 0 Å². The van der Waals surface area contributed by atoms with Gasteiger partial charge in [-0.3, -0.25) is 14.5 Å². The zero-order valence-corrected chi connectivity index (χ0v) is 18.7. The third kappa shape index (κ3) is 3.71. The number of carbonyl (C=O) groups excluding carboxylic acids is 2. The van der Waals surface area contributed by atoms with Crippen molar-refractivity contribution in [3.05, 3.63) is 78.4 Å². The number of amides is 2. The molecule has 0 radical (unpaired) electrons. The molecule has 6 nitrogen and oxygen atoms in total. The molecule has 0 aliphatic carbocycles. The number of hydrogen-bond donors (Lipinski definition) is 0. The first-order valence-electron chi connectivity index (χ1n) is 11.1. The Hall–Kier alpha value is -3.80. The van der Waals surface area contributed by atoms with Crippen LogP contribution in [-0.4, -0.2) is 43.0 Å². The van der Waals surface area contributed by atoms with Gasteiger partial charge in [-0.25, -0.2) is 0 Å². The van der Waals surface area contributed by atoms with Crippen molar-refractivity contribution in [1.82, 2.24) is 4.90 Å². The highest BCUT2D eigenvalue weighted by Gasteiger charge is 2.46. The Morgan fingerprint density at radius 1 is 0.818 bits per heavy atom. The van der Waals surface area contributed by atoms with Crippen molar-refractivity contribution in [2.75, 3.05) is 19.1 Å². The van der Waals surface area contributed by atoms with Crippen molar-refractivity contribution in [2.45, 2.75) is 31.5 Å². The van der Waals surface area contributed by atoms with Gasteiger partial charge in [0.05, 0.1) is 20.8 Å². The molecule has 1 fully saturated rings. The van der Waals surface area contributed by atoms with E-state index in [1.165, 1.54) is 0 Å². The molecule has 1 saturated heterocycles. The number of ether oxygens (including phenoxy) is 2. The zero-order chi connectivity index (χ0) is 22.9. The van der Waals surface area contributed by atoms with Crippen molar-refractivity contribution in [3.63, 3.8) is 0 Å². The van der Waals surface area contributed by atoms with Crippen LogP contribution in [0.5, 0.6) is 11.5 Å². The molecular formula is C27H26N2O4. The lowest BCUT2D eigenvalue weighted by Crippen LogP contribution is -2.65. The maximum absolute atomic E-state index is 13.7. The summed E-state index contributed by atoms with van der Waals surface area (Å²) >= 11 is 0. The third-order valence-corrected chi connectivity index (χ3v) is 6.51. The summed E-state index contributed by atoms with van der Waals surface area (Å²) in [6.45, 7) is 0.304. The molecule has 3 aromatic carbocycles. The van der Waals surface area contributed by atoms with Crippen LogP contribution in [0, 0.1) is 0 Å². The Balaban J connectivity index is 1.51. The number of carbonyl (C=O) groups is 2. The normalized spacial score (nSPS) is 21.2. The summed E-state index contributed by atoms with van der Waals surface area (Å²) in [7, 11) is 3.19. The number of piperazine rings is 1. The Bertz CT molecular complexity index is 1250. The van der Waals surface area contributed by atoms with E-state index in [2.05, 4.69) is 0 Å². The van der Waals surface area contributed by atoms with Gasteiger partial charge in [-0.15, -0.1) is 0 Å². The van der Waals surface area contributed by atoms with Gasteiger partial charge in [-0.1, -0.05) is 42.5 Å². The van der Waals surface area contributed by atoms with Gasteiger partial charge in [0.15, 0.2) is 0 Å². The Morgan fingerprint density at radius 2 is 1.58 bits per heavy atom. The fourth-order valence-electron chi connectivity index (χ4n) is 4.78. The Morgan fingerprint density at radius 3 is 2.33 bits per heavy atom. The van der Waals surface area contributed by atoms with E-state index in [1.54, 1.807) is 30.1 Å². The number of fused-ring (bicyclic) bond motifs is 5. The maximum Gasteiger partial charge on any atom is 0.250 e. The molecule has 0 N–H and O–H groups in total. The Kier molecular flexibility index (Phi) is 5.50. The molecule has 0 aromatic heterocycles. The maximum atomic E-state index is 13.7. The molecular weight excluding hydrogens is 416 g/mol. The van der Waals surface area contributed by atoms with Gasteiger partial charge in [0.25, 0.3) is 5.91 Å². The fourth-order valence-corrected chi connectivity index (χ4v) is 4.78. The van der Waals surface area contributed by atoms with Crippen molar-refractivity contribution in [3.8, 4) is 11.5 Å². The first-order valence-corrected chi connectivity index (χ1v) is 11.1. The summed E-state index contributed by atoms with van der Waals surface area (Å²) in [6, 6.07) is 18.4. The predicted octanol–water partition coefficient (Wildman–Crippen LogP) is 4.32. The van der Waals surface area contributed by atoms with Gasteiger partial charge < -0.3 is 14.4 Å². The van der Waals surface area contributed by atoms with E-state index in [0.29, 0.717) is 30.9 Å². The Labute approximate surface area is 193 Å². The van der Waals surface area contributed by atoms with Crippen LogP contribution in [0.3, 0.4) is 0 Å². The topological polar surface area (TPSA) is 59.1 Å². The smallest absolute Gasteiger partial charge is 0.250 e. The van der Waals surface area contributed by atoms with Crippen molar-refractivity contribution < 1.29 is 19.1 Å². The minimum atomic E-state index is -0.573. The van der Waals surface area contributed by atoms with E-state index in [-0.39, 0.29) is 11.8 Å². The van der Waals surface area contributed by atoms with E-state index in [4.69, 9.17) is 9.47 Å². The van der Waals surface area contributed by atoms with Crippen LogP contribution >= 0.6 is 0 Å². The van der Waals surface area contributed by atoms with Crippen molar-refractivity contribution in [1.29, 1.82) is 0 Å². The molecule has 2 bridgehead atoms. The first-order chi connectivity index (χ1) is 16.1. The number of benzene rings is 3. The molecule has 6 heteroatoms. The average Bonchev–Trinajstić information content (AvgIpc) is 2.84. The summed E-state index contributed by atoms with van der Waals surface area (Å²) in [4.78, 5) is 30.9. The molecule has 33 heavy (non-hydrogen) atoms. The summed E-state index contributed by atoms with van der Waals surface area (Å²) in [5, 5.41) is 2.15. The number of hydrogen-bond acceptors (Lipinski definition) is 4. The third-order valence-electron chi connectivity index (χ3n) is 6.51. The van der Waals surface area contributed by atoms with Crippen molar-refractivity contribution in [2.24, 2.45) is 0 Å². The van der Waals surface area contributed by atoms with E-state index in [0.717, 1.165) is 22.0 Å². The first kappa shape index (κ1) is 21.1. The summed E-state index contributed by atoms with van der Waals surface area (Å²) in [5.74, 6) is 1.22. The molecule has 3 aliphatic rings. The minimum absolute atomic E-state index is 0.0463. The number of nitrogens with zero attached hydrogens (tertiary/aromatic N) is 2. The number of anilines is 1. The fraction of sp³-hybridized carbons (Fsp3) is 0.259. The zero-order valence-electron chi connectivity index (χ0n) is 18.7. The molecule has 2 amide bonds. The minimum Gasteiger partial charge on any atom is -0.497 e. The molecule has 0 spiro atoms. The van der Waals surface area contributed by atoms with Crippen LogP contribution < -0.4 is 14.4 Å². The second-order valence-corrected chi connectivity index (χ2v) is 8.36. The van der Waals surface area contributed by atoms with E-state index >= 15 is 0 Å². The van der Waals surface area contributed by atoms with Gasteiger partial charge in [0.2, 0.25) is 5.91 Å². The molecule has 3 heterocycles. The highest BCUT2D eigenvalue weighted by Crippen LogP contribution is 2.34. The number of methoxy groups -OCH3 is 2. The van der Waals surface area contributed by atoms with Gasteiger partial charge in [-0.05, 0) is 47.9 Å². The second-order valence-electron chi connectivity index (χ2n) is 8.36. The highest BCUT2D eigenvalue weighted by molar-refractivity contribution is 6.09. The number of rotatable bonds is 5. The SMILES string of the molecule is COc1ccc(CN2C(=O)[C@@H]3C/C=C\C[C@H]2C(=O)N3c2ccc3ccccc3c2)c(OC)c1. The predicted molar refractivity (Wildman–Crippen MR) is 127 cm³/mol. The lowest BCUT2D eigenvalue weighted by atomic mass is 9.94.